The predicted octanol–water partition coefficient (Wildman–Crippen LogP) is 1.21. The number of piperidine rings is 1. The number of carbonyl (C=O) groups is 1. The molecule has 5 heteroatoms. The lowest BCUT2D eigenvalue weighted by Crippen LogP contribution is -2.53. The van der Waals surface area contributed by atoms with Gasteiger partial charge in [0.2, 0.25) is 0 Å². The molecule has 88 valence electrons. The van der Waals surface area contributed by atoms with Gasteiger partial charge in [-0.1, -0.05) is 0 Å². The lowest BCUT2D eigenvalue weighted by Gasteiger charge is -2.28. The summed E-state index contributed by atoms with van der Waals surface area (Å²) in [5, 5.41) is 5.55. The molecule has 15 heavy (non-hydrogen) atoms. The second kappa shape index (κ2) is 4.79. The summed E-state index contributed by atoms with van der Waals surface area (Å²) in [4.78, 5) is 11.3. The van der Waals surface area contributed by atoms with Gasteiger partial charge in [-0.2, -0.15) is 0 Å². The number of alkyl halides is 1. The molecule has 0 bridgehead atoms. The first-order valence-electron chi connectivity index (χ1n) is 5.23. The molecule has 2 atom stereocenters. The monoisotopic (exact) mass is 218 g/mol. The molecule has 1 heterocycles. The Balaban J connectivity index is 2.36. The van der Waals surface area contributed by atoms with Crippen LogP contribution < -0.4 is 10.6 Å². The van der Waals surface area contributed by atoms with Gasteiger partial charge in [0.1, 0.15) is 11.8 Å². The van der Waals surface area contributed by atoms with Gasteiger partial charge in [-0.3, -0.25) is 0 Å². The highest BCUT2D eigenvalue weighted by Gasteiger charge is 2.27. The van der Waals surface area contributed by atoms with Crippen LogP contribution in [0, 0.1) is 0 Å². The first-order valence-corrected chi connectivity index (χ1v) is 5.23. The Labute approximate surface area is 89.6 Å². The summed E-state index contributed by atoms with van der Waals surface area (Å²) < 4.78 is 18.4. The standard InChI is InChI=1S/C10H19FN2O2/c1-10(2,3)15-9(14)13-8-6-12-5-4-7(8)11/h7-8,12H,4-6H2,1-3H3,(H,13,14)/t7?,8-/m1/s1. The van der Waals surface area contributed by atoms with Crippen LogP contribution in [0.2, 0.25) is 0 Å². The summed E-state index contributed by atoms with van der Waals surface area (Å²) in [5.41, 5.74) is -0.544. The average molecular weight is 218 g/mol. The van der Waals surface area contributed by atoms with Crippen molar-refractivity contribution in [3.05, 3.63) is 0 Å². The van der Waals surface area contributed by atoms with Crippen molar-refractivity contribution >= 4 is 6.09 Å². The minimum atomic E-state index is -0.987. The maximum Gasteiger partial charge on any atom is 0.408 e. The molecule has 1 unspecified atom stereocenters. The molecule has 1 amide bonds. The van der Waals surface area contributed by atoms with Crippen LogP contribution in [0.15, 0.2) is 0 Å². The van der Waals surface area contributed by atoms with Crippen LogP contribution in [0.4, 0.5) is 9.18 Å². The lowest BCUT2D eigenvalue weighted by molar-refractivity contribution is 0.0459. The second-order valence-corrected chi connectivity index (χ2v) is 4.76. The maximum atomic E-state index is 13.3. The van der Waals surface area contributed by atoms with E-state index in [1.165, 1.54) is 0 Å². The van der Waals surface area contributed by atoms with Crippen LogP contribution in [-0.4, -0.2) is 37.0 Å². The maximum absolute atomic E-state index is 13.3. The molecular weight excluding hydrogens is 199 g/mol. The number of hydrogen-bond acceptors (Lipinski definition) is 3. The Hall–Kier alpha value is -0.840. The fourth-order valence-electron chi connectivity index (χ4n) is 1.43. The van der Waals surface area contributed by atoms with Crippen LogP contribution in [0.25, 0.3) is 0 Å². The van der Waals surface area contributed by atoms with Crippen molar-refractivity contribution in [2.24, 2.45) is 0 Å². The number of hydrogen-bond donors (Lipinski definition) is 2. The summed E-state index contributed by atoms with van der Waals surface area (Å²) in [7, 11) is 0. The number of nitrogens with one attached hydrogen (secondary N) is 2. The molecule has 0 saturated carbocycles. The second-order valence-electron chi connectivity index (χ2n) is 4.76. The number of carbonyl (C=O) groups excluding carboxylic acids is 1. The molecule has 1 rings (SSSR count). The Morgan fingerprint density at radius 2 is 2.20 bits per heavy atom. The minimum Gasteiger partial charge on any atom is -0.444 e. The molecule has 1 saturated heterocycles. The van der Waals surface area contributed by atoms with E-state index in [2.05, 4.69) is 10.6 Å². The Morgan fingerprint density at radius 3 is 2.73 bits per heavy atom. The van der Waals surface area contributed by atoms with Gasteiger partial charge in [0.15, 0.2) is 0 Å². The molecule has 0 aromatic heterocycles. The molecule has 0 radical (unpaired) electrons. The zero-order chi connectivity index (χ0) is 11.5. The van der Waals surface area contributed by atoms with E-state index in [0.717, 1.165) is 0 Å². The fraction of sp³-hybridized carbons (Fsp3) is 0.900. The van der Waals surface area contributed by atoms with Gasteiger partial charge in [-0.25, -0.2) is 9.18 Å². The summed E-state index contributed by atoms with van der Waals surface area (Å²) in [5.74, 6) is 0. The summed E-state index contributed by atoms with van der Waals surface area (Å²) in [6.07, 6.45) is -1.11. The lowest BCUT2D eigenvalue weighted by atomic mass is 10.1. The van der Waals surface area contributed by atoms with Crippen molar-refractivity contribution in [1.82, 2.24) is 10.6 Å². The Kier molecular flexibility index (Phi) is 3.90. The van der Waals surface area contributed by atoms with Crippen molar-refractivity contribution in [3.8, 4) is 0 Å². The van der Waals surface area contributed by atoms with Gasteiger partial charge in [0.25, 0.3) is 0 Å². The number of ether oxygens (including phenoxy) is 1. The molecular formula is C10H19FN2O2. The zero-order valence-corrected chi connectivity index (χ0v) is 9.47. The third kappa shape index (κ3) is 4.46. The minimum absolute atomic E-state index is 0.431. The molecule has 0 aromatic carbocycles. The van der Waals surface area contributed by atoms with E-state index in [9.17, 15) is 9.18 Å². The quantitative estimate of drug-likeness (QED) is 0.695. The Morgan fingerprint density at radius 1 is 1.53 bits per heavy atom. The molecule has 0 aliphatic carbocycles. The third-order valence-corrected chi connectivity index (χ3v) is 2.10. The molecule has 0 spiro atoms. The highest BCUT2D eigenvalue weighted by atomic mass is 19.1. The van der Waals surface area contributed by atoms with E-state index in [0.29, 0.717) is 19.5 Å². The van der Waals surface area contributed by atoms with Gasteiger partial charge in [0.05, 0.1) is 6.04 Å². The topological polar surface area (TPSA) is 50.4 Å². The number of halogens is 1. The number of rotatable bonds is 1. The van der Waals surface area contributed by atoms with Crippen molar-refractivity contribution in [1.29, 1.82) is 0 Å². The van der Waals surface area contributed by atoms with Crippen LogP contribution >= 0.6 is 0 Å². The molecule has 4 nitrogen and oxygen atoms in total. The first kappa shape index (κ1) is 12.2. The van der Waals surface area contributed by atoms with E-state index in [4.69, 9.17) is 4.74 Å². The van der Waals surface area contributed by atoms with Crippen LogP contribution in [0.3, 0.4) is 0 Å². The molecule has 1 aliphatic rings. The van der Waals surface area contributed by atoms with Crippen LogP contribution in [0.5, 0.6) is 0 Å². The average Bonchev–Trinajstić information content (AvgIpc) is 2.05. The Bertz CT molecular complexity index is 228. The normalized spacial score (nSPS) is 27.2. The van der Waals surface area contributed by atoms with Gasteiger partial charge in [-0.15, -0.1) is 0 Å². The van der Waals surface area contributed by atoms with E-state index < -0.39 is 23.9 Å². The smallest absolute Gasteiger partial charge is 0.408 e. The first-order chi connectivity index (χ1) is 6.88. The van der Waals surface area contributed by atoms with Crippen molar-refractivity contribution < 1.29 is 13.9 Å². The molecule has 1 fully saturated rings. The van der Waals surface area contributed by atoms with Crippen LogP contribution in [0.1, 0.15) is 27.2 Å². The van der Waals surface area contributed by atoms with E-state index in [1.807, 2.05) is 0 Å². The fourth-order valence-corrected chi connectivity index (χ4v) is 1.43. The SMILES string of the molecule is CC(C)(C)OC(=O)N[C@@H]1CNCCC1F. The summed E-state index contributed by atoms with van der Waals surface area (Å²) in [6.45, 7) is 6.45. The predicted molar refractivity (Wildman–Crippen MR) is 55.5 cm³/mol. The largest absolute Gasteiger partial charge is 0.444 e. The summed E-state index contributed by atoms with van der Waals surface area (Å²) in [6, 6.07) is -0.478. The third-order valence-electron chi connectivity index (χ3n) is 2.10. The van der Waals surface area contributed by atoms with Crippen molar-refractivity contribution in [2.45, 2.75) is 45.0 Å². The summed E-state index contributed by atoms with van der Waals surface area (Å²) >= 11 is 0. The number of amides is 1. The molecule has 2 N–H and O–H groups in total. The van der Waals surface area contributed by atoms with Crippen LogP contribution in [-0.2, 0) is 4.74 Å². The molecule has 1 aliphatic heterocycles. The number of alkyl carbamates (subject to hydrolysis) is 1. The van der Waals surface area contributed by atoms with E-state index in [1.54, 1.807) is 20.8 Å². The van der Waals surface area contributed by atoms with Gasteiger partial charge in [-0.05, 0) is 33.7 Å². The molecule has 0 aromatic rings. The highest BCUT2D eigenvalue weighted by Crippen LogP contribution is 2.10. The van der Waals surface area contributed by atoms with Gasteiger partial charge < -0.3 is 15.4 Å². The van der Waals surface area contributed by atoms with E-state index in [-0.39, 0.29) is 0 Å². The van der Waals surface area contributed by atoms with Crippen molar-refractivity contribution in [2.75, 3.05) is 13.1 Å². The van der Waals surface area contributed by atoms with E-state index >= 15 is 0 Å². The zero-order valence-electron chi connectivity index (χ0n) is 9.47. The highest BCUT2D eigenvalue weighted by molar-refractivity contribution is 5.68. The van der Waals surface area contributed by atoms with Gasteiger partial charge >= 0.3 is 6.09 Å². The van der Waals surface area contributed by atoms with Gasteiger partial charge in [0, 0.05) is 6.54 Å². The van der Waals surface area contributed by atoms with Crippen molar-refractivity contribution in [3.63, 3.8) is 0 Å².